The van der Waals surface area contributed by atoms with E-state index in [0.29, 0.717) is 19.4 Å². The molecule has 0 aromatic heterocycles. The van der Waals surface area contributed by atoms with E-state index in [0.717, 1.165) is 24.0 Å². The molecule has 0 aliphatic heterocycles. The first kappa shape index (κ1) is 14.6. The van der Waals surface area contributed by atoms with E-state index >= 15 is 0 Å². The number of carboxylic acids is 1. The quantitative estimate of drug-likeness (QED) is 0.887. The largest absolute Gasteiger partial charge is 0.481 e. The maximum Gasteiger partial charge on any atom is 0.307 e. The zero-order chi connectivity index (χ0) is 14.5. The third-order valence-corrected chi connectivity index (χ3v) is 3.97. The molecule has 20 heavy (non-hydrogen) atoms. The molecule has 2 rings (SSSR count). The van der Waals surface area contributed by atoms with Crippen molar-refractivity contribution in [2.45, 2.75) is 39.2 Å². The summed E-state index contributed by atoms with van der Waals surface area (Å²) in [6.07, 6.45) is 3.12. The topological polar surface area (TPSA) is 66.4 Å². The summed E-state index contributed by atoms with van der Waals surface area (Å²) >= 11 is 0. The van der Waals surface area contributed by atoms with Gasteiger partial charge in [0.1, 0.15) is 0 Å². The van der Waals surface area contributed by atoms with Crippen molar-refractivity contribution in [2.24, 2.45) is 11.8 Å². The molecule has 0 heterocycles. The van der Waals surface area contributed by atoms with Crippen LogP contribution >= 0.6 is 0 Å². The van der Waals surface area contributed by atoms with Gasteiger partial charge in [0.2, 0.25) is 5.91 Å². The van der Waals surface area contributed by atoms with Gasteiger partial charge in [0.15, 0.2) is 0 Å². The van der Waals surface area contributed by atoms with Crippen molar-refractivity contribution in [3.05, 3.63) is 35.4 Å². The van der Waals surface area contributed by atoms with Crippen LogP contribution in [0.3, 0.4) is 0 Å². The molecule has 1 aromatic carbocycles. The Hall–Kier alpha value is -1.84. The van der Waals surface area contributed by atoms with Crippen LogP contribution in [-0.4, -0.2) is 17.0 Å². The fraction of sp³-hybridized carbons (Fsp3) is 0.500. The molecule has 1 amide bonds. The summed E-state index contributed by atoms with van der Waals surface area (Å²) in [6.45, 7) is 2.47. The molecule has 4 nitrogen and oxygen atoms in total. The molecule has 2 N–H and O–H groups in total. The minimum absolute atomic E-state index is 0.126. The van der Waals surface area contributed by atoms with Crippen LogP contribution < -0.4 is 5.32 Å². The highest BCUT2D eigenvalue weighted by atomic mass is 16.4. The van der Waals surface area contributed by atoms with E-state index in [2.05, 4.69) is 5.32 Å². The lowest BCUT2D eigenvalue weighted by atomic mass is 9.78. The number of nitrogens with one attached hydrogen (secondary N) is 1. The van der Waals surface area contributed by atoms with Gasteiger partial charge in [-0.2, -0.15) is 0 Å². The number of hydrogen-bond donors (Lipinski definition) is 2. The second-order valence-electron chi connectivity index (χ2n) is 5.54. The van der Waals surface area contributed by atoms with Gasteiger partial charge in [0.25, 0.3) is 0 Å². The molecule has 0 saturated heterocycles. The Labute approximate surface area is 119 Å². The molecular weight excluding hydrogens is 254 g/mol. The Kier molecular flexibility index (Phi) is 4.77. The van der Waals surface area contributed by atoms with Gasteiger partial charge in [0.05, 0.1) is 11.8 Å². The number of hydrogen-bond acceptors (Lipinski definition) is 2. The highest BCUT2D eigenvalue weighted by Crippen LogP contribution is 2.30. The van der Waals surface area contributed by atoms with Crippen LogP contribution in [0.4, 0.5) is 0 Å². The summed E-state index contributed by atoms with van der Waals surface area (Å²) in [4.78, 5) is 23.4. The first-order chi connectivity index (χ1) is 9.58. The number of aryl methyl sites for hydroxylation is 1. The summed E-state index contributed by atoms with van der Waals surface area (Å²) in [6, 6.07) is 7.95. The molecule has 2 atom stereocenters. The number of carbonyl (C=O) groups excluding carboxylic acids is 1. The molecule has 108 valence electrons. The Bertz CT molecular complexity index is 498. The van der Waals surface area contributed by atoms with Gasteiger partial charge < -0.3 is 10.4 Å². The van der Waals surface area contributed by atoms with Crippen molar-refractivity contribution in [1.82, 2.24) is 5.32 Å². The zero-order valence-electron chi connectivity index (χ0n) is 11.8. The van der Waals surface area contributed by atoms with E-state index < -0.39 is 11.9 Å². The minimum atomic E-state index is -0.847. The fourth-order valence-electron chi connectivity index (χ4n) is 2.88. The van der Waals surface area contributed by atoms with Crippen LogP contribution in [0.25, 0.3) is 0 Å². The van der Waals surface area contributed by atoms with Gasteiger partial charge in [-0.15, -0.1) is 0 Å². The molecule has 1 aliphatic rings. The predicted molar refractivity (Wildman–Crippen MR) is 76.1 cm³/mol. The maximum absolute atomic E-state index is 12.2. The first-order valence-corrected chi connectivity index (χ1v) is 7.14. The molecule has 1 aliphatic carbocycles. The van der Waals surface area contributed by atoms with Crippen LogP contribution in [0.1, 0.15) is 36.8 Å². The Balaban J connectivity index is 1.95. The second kappa shape index (κ2) is 6.55. The van der Waals surface area contributed by atoms with E-state index in [9.17, 15) is 14.7 Å². The number of benzene rings is 1. The molecule has 1 fully saturated rings. The van der Waals surface area contributed by atoms with E-state index in [1.165, 1.54) is 0 Å². The van der Waals surface area contributed by atoms with Crippen molar-refractivity contribution in [2.75, 3.05) is 0 Å². The molecule has 1 aromatic rings. The average molecular weight is 275 g/mol. The number of aliphatic carboxylic acids is 1. The zero-order valence-corrected chi connectivity index (χ0v) is 11.8. The molecule has 0 unspecified atom stereocenters. The van der Waals surface area contributed by atoms with Crippen LogP contribution in [0, 0.1) is 18.8 Å². The van der Waals surface area contributed by atoms with Crippen molar-refractivity contribution in [1.29, 1.82) is 0 Å². The van der Waals surface area contributed by atoms with Crippen molar-refractivity contribution in [3.63, 3.8) is 0 Å². The van der Waals surface area contributed by atoms with E-state index in [-0.39, 0.29) is 11.8 Å². The lowest BCUT2D eigenvalue weighted by Gasteiger charge is -2.27. The fourth-order valence-corrected chi connectivity index (χ4v) is 2.88. The summed E-state index contributed by atoms with van der Waals surface area (Å²) < 4.78 is 0. The SMILES string of the molecule is Cc1cccc(CNC(=O)[C@@H]2CCCC[C@@H]2C(=O)O)c1. The van der Waals surface area contributed by atoms with E-state index in [1.807, 2.05) is 31.2 Å². The van der Waals surface area contributed by atoms with Gasteiger partial charge in [0, 0.05) is 6.54 Å². The Morgan fingerprint density at radius 2 is 1.95 bits per heavy atom. The van der Waals surface area contributed by atoms with Crippen molar-refractivity contribution in [3.8, 4) is 0 Å². The summed E-state index contributed by atoms with van der Waals surface area (Å²) in [7, 11) is 0. The average Bonchev–Trinajstić information content (AvgIpc) is 2.45. The van der Waals surface area contributed by atoms with Gasteiger partial charge in [-0.25, -0.2) is 0 Å². The molecule has 1 saturated carbocycles. The third-order valence-electron chi connectivity index (χ3n) is 3.97. The standard InChI is InChI=1S/C16H21NO3/c1-11-5-4-6-12(9-11)10-17-15(18)13-7-2-3-8-14(13)16(19)20/h4-6,9,13-14H,2-3,7-8,10H2,1H3,(H,17,18)(H,19,20)/t13-,14+/m1/s1. The smallest absolute Gasteiger partial charge is 0.307 e. The molecular formula is C16H21NO3. The van der Waals surface area contributed by atoms with Crippen molar-refractivity contribution < 1.29 is 14.7 Å². The van der Waals surface area contributed by atoms with Gasteiger partial charge >= 0.3 is 5.97 Å². The van der Waals surface area contributed by atoms with Gasteiger partial charge in [-0.05, 0) is 25.3 Å². The molecule has 0 bridgehead atoms. The van der Waals surface area contributed by atoms with Gasteiger partial charge in [-0.3, -0.25) is 9.59 Å². The molecule has 0 radical (unpaired) electrons. The monoisotopic (exact) mass is 275 g/mol. The van der Waals surface area contributed by atoms with Crippen LogP contribution in [0.5, 0.6) is 0 Å². The number of carbonyl (C=O) groups is 2. The highest BCUT2D eigenvalue weighted by molar-refractivity contribution is 5.84. The molecule has 0 spiro atoms. The van der Waals surface area contributed by atoms with Crippen LogP contribution in [-0.2, 0) is 16.1 Å². The third kappa shape index (κ3) is 3.59. The van der Waals surface area contributed by atoms with Crippen LogP contribution in [0.15, 0.2) is 24.3 Å². The second-order valence-corrected chi connectivity index (χ2v) is 5.54. The maximum atomic E-state index is 12.2. The Morgan fingerprint density at radius 3 is 2.60 bits per heavy atom. The number of carboxylic acid groups (broad SMARTS) is 1. The van der Waals surface area contributed by atoms with E-state index in [4.69, 9.17) is 0 Å². The highest BCUT2D eigenvalue weighted by Gasteiger charge is 2.35. The summed E-state index contributed by atoms with van der Waals surface area (Å²) in [5.41, 5.74) is 2.19. The number of amides is 1. The number of rotatable bonds is 4. The lowest BCUT2D eigenvalue weighted by molar-refractivity contribution is -0.148. The summed E-state index contributed by atoms with van der Waals surface area (Å²) in [5, 5.41) is 12.1. The van der Waals surface area contributed by atoms with Gasteiger partial charge in [-0.1, -0.05) is 42.7 Å². The van der Waals surface area contributed by atoms with Crippen LogP contribution in [0.2, 0.25) is 0 Å². The lowest BCUT2D eigenvalue weighted by Crippen LogP contribution is -2.39. The van der Waals surface area contributed by atoms with E-state index in [1.54, 1.807) is 0 Å². The minimum Gasteiger partial charge on any atom is -0.481 e. The first-order valence-electron chi connectivity index (χ1n) is 7.14. The normalized spacial score (nSPS) is 22.2. The molecule has 4 heteroatoms. The predicted octanol–water partition coefficient (Wildman–Crippen LogP) is 2.50. The van der Waals surface area contributed by atoms with Crippen molar-refractivity contribution >= 4 is 11.9 Å². The Morgan fingerprint density at radius 1 is 1.25 bits per heavy atom. The summed E-state index contributed by atoms with van der Waals surface area (Å²) in [5.74, 6) is -1.88.